The summed E-state index contributed by atoms with van der Waals surface area (Å²) >= 11 is 0. The van der Waals surface area contributed by atoms with E-state index in [1.807, 2.05) is 0 Å². The number of ketones is 1. The summed E-state index contributed by atoms with van der Waals surface area (Å²) in [5.41, 5.74) is 7.89. The van der Waals surface area contributed by atoms with E-state index in [1.165, 1.54) is 34.2 Å². The molecular weight excluding hydrogens is 256 g/mol. The van der Waals surface area contributed by atoms with Gasteiger partial charge in [-0.05, 0) is 66.3 Å². The Kier molecular flexibility index (Phi) is 3.14. The van der Waals surface area contributed by atoms with Crippen LogP contribution in [0.25, 0.3) is 11.1 Å². The van der Waals surface area contributed by atoms with Crippen LogP contribution in [-0.2, 0) is 19.3 Å². The van der Waals surface area contributed by atoms with E-state index in [4.69, 9.17) is 0 Å². The molecule has 0 amide bonds. The molecule has 0 fully saturated rings. The molecule has 0 N–H and O–H groups in total. The molecule has 1 heteroatoms. The lowest BCUT2D eigenvalue weighted by Gasteiger charge is -2.16. The van der Waals surface area contributed by atoms with Gasteiger partial charge in [-0.2, -0.15) is 0 Å². The monoisotopic (exact) mass is 276 g/mol. The minimum absolute atomic E-state index is 0.389. The second-order valence-electron chi connectivity index (χ2n) is 6.27. The Labute approximate surface area is 126 Å². The van der Waals surface area contributed by atoms with Crippen molar-refractivity contribution in [3.8, 4) is 11.1 Å². The normalized spacial score (nSPS) is 17.2. The molecule has 0 saturated heterocycles. The van der Waals surface area contributed by atoms with Crippen LogP contribution in [0.2, 0.25) is 0 Å². The van der Waals surface area contributed by atoms with E-state index in [2.05, 4.69) is 36.4 Å². The molecule has 0 saturated carbocycles. The fraction of sp³-hybridized carbons (Fsp3) is 0.350. The highest BCUT2D eigenvalue weighted by Crippen LogP contribution is 2.38. The number of carbonyl (C=O) groups is 1. The SMILES string of the molecule is O=C1CCCCc2cc(-c3ccccc3)c3c(c21)CCC3. The average molecular weight is 276 g/mol. The van der Waals surface area contributed by atoms with Crippen molar-refractivity contribution < 1.29 is 4.79 Å². The average Bonchev–Trinajstić information content (AvgIpc) is 2.93. The van der Waals surface area contributed by atoms with Gasteiger partial charge in [-0.25, -0.2) is 0 Å². The van der Waals surface area contributed by atoms with Crippen molar-refractivity contribution in [2.24, 2.45) is 0 Å². The molecular formula is C20H20O. The Bertz CT molecular complexity index is 698. The van der Waals surface area contributed by atoms with Gasteiger partial charge in [0.2, 0.25) is 0 Å². The molecule has 0 spiro atoms. The Morgan fingerprint density at radius 2 is 1.52 bits per heavy atom. The Morgan fingerprint density at radius 1 is 0.762 bits per heavy atom. The fourth-order valence-corrected chi connectivity index (χ4v) is 3.99. The summed E-state index contributed by atoms with van der Waals surface area (Å²) in [4.78, 5) is 12.5. The van der Waals surface area contributed by atoms with Crippen LogP contribution in [-0.4, -0.2) is 5.78 Å². The van der Waals surface area contributed by atoms with E-state index in [1.54, 1.807) is 0 Å². The number of rotatable bonds is 1. The summed E-state index contributed by atoms with van der Waals surface area (Å²) in [7, 11) is 0. The zero-order chi connectivity index (χ0) is 14.2. The maximum absolute atomic E-state index is 12.5. The zero-order valence-electron chi connectivity index (χ0n) is 12.3. The number of carbonyl (C=O) groups excluding carboxylic acids is 1. The van der Waals surface area contributed by atoms with E-state index in [-0.39, 0.29) is 0 Å². The summed E-state index contributed by atoms with van der Waals surface area (Å²) in [5.74, 6) is 0.389. The lowest BCUT2D eigenvalue weighted by Crippen LogP contribution is -2.07. The highest BCUT2D eigenvalue weighted by atomic mass is 16.1. The standard InChI is InChI=1S/C20H20O/c21-19-12-5-4-9-15-13-18(14-7-2-1-3-8-14)16-10-6-11-17(16)20(15)19/h1-3,7-8,13H,4-6,9-12H2. The molecule has 0 unspecified atom stereocenters. The van der Waals surface area contributed by atoms with Gasteiger partial charge in [0.15, 0.2) is 5.78 Å². The summed E-state index contributed by atoms with van der Waals surface area (Å²) < 4.78 is 0. The van der Waals surface area contributed by atoms with E-state index in [9.17, 15) is 4.79 Å². The van der Waals surface area contributed by atoms with Crippen LogP contribution in [0.3, 0.4) is 0 Å². The van der Waals surface area contributed by atoms with Gasteiger partial charge < -0.3 is 0 Å². The largest absolute Gasteiger partial charge is 0.294 e. The number of hydrogen-bond donors (Lipinski definition) is 0. The van der Waals surface area contributed by atoms with Crippen molar-refractivity contribution in [3.63, 3.8) is 0 Å². The molecule has 2 aliphatic carbocycles. The Balaban J connectivity index is 1.97. The number of benzene rings is 2. The first kappa shape index (κ1) is 12.8. The summed E-state index contributed by atoms with van der Waals surface area (Å²) in [6.45, 7) is 0. The van der Waals surface area contributed by atoms with Crippen molar-refractivity contribution >= 4 is 5.78 Å². The molecule has 1 nitrogen and oxygen atoms in total. The minimum atomic E-state index is 0.389. The fourth-order valence-electron chi connectivity index (χ4n) is 3.99. The van der Waals surface area contributed by atoms with E-state index < -0.39 is 0 Å². The molecule has 21 heavy (non-hydrogen) atoms. The van der Waals surface area contributed by atoms with E-state index in [0.29, 0.717) is 5.78 Å². The second-order valence-corrected chi connectivity index (χ2v) is 6.27. The van der Waals surface area contributed by atoms with Crippen LogP contribution in [0.5, 0.6) is 0 Å². The molecule has 106 valence electrons. The summed E-state index contributed by atoms with van der Waals surface area (Å²) in [5, 5.41) is 0. The van der Waals surface area contributed by atoms with Crippen molar-refractivity contribution in [2.45, 2.75) is 44.9 Å². The molecule has 2 aromatic rings. The van der Waals surface area contributed by atoms with Crippen molar-refractivity contribution in [3.05, 3.63) is 58.7 Å². The van der Waals surface area contributed by atoms with E-state index >= 15 is 0 Å². The Hall–Kier alpha value is -1.89. The molecule has 0 aliphatic heterocycles. The molecule has 0 atom stereocenters. The molecule has 2 aromatic carbocycles. The molecule has 0 radical (unpaired) electrons. The lowest BCUT2D eigenvalue weighted by molar-refractivity contribution is 0.0981. The molecule has 0 bridgehead atoms. The number of aryl methyl sites for hydroxylation is 1. The van der Waals surface area contributed by atoms with Gasteiger partial charge in [0.05, 0.1) is 0 Å². The quantitative estimate of drug-likeness (QED) is 0.687. The predicted octanol–water partition coefficient (Wildman–Crippen LogP) is 4.75. The topological polar surface area (TPSA) is 17.1 Å². The van der Waals surface area contributed by atoms with E-state index in [0.717, 1.165) is 44.1 Å². The van der Waals surface area contributed by atoms with Crippen molar-refractivity contribution in [1.82, 2.24) is 0 Å². The van der Waals surface area contributed by atoms with Crippen LogP contribution >= 0.6 is 0 Å². The van der Waals surface area contributed by atoms with Crippen LogP contribution < -0.4 is 0 Å². The van der Waals surface area contributed by atoms with Crippen LogP contribution in [0.15, 0.2) is 36.4 Å². The first-order chi connectivity index (χ1) is 10.3. The smallest absolute Gasteiger partial charge is 0.163 e. The molecule has 0 heterocycles. The van der Waals surface area contributed by atoms with Gasteiger partial charge >= 0.3 is 0 Å². The maximum Gasteiger partial charge on any atom is 0.163 e. The van der Waals surface area contributed by atoms with Gasteiger partial charge in [0, 0.05) is 12.0 Å². The first-order valence-electron chi connectivity index (χ1n) is 8.11. The molecule has 4 rings (SSSR count). The third-order valence-corrected chi connectivity index (χ3v) is 4.95. The first-order valence-corrected chi connectivity index (χ1v) is 8.11. The molecule has 0 aromatic heterocycles. The maximum atomic E-state index is 12.5. The Morgan fingerprint density at radius 3 is 2.38 bits per heavy atom. The molecule has 2 aliphatic rings. The predicted molar refractivity (Wildman–Crippen MR) is 85.8 cm³/mol. The van der Waals surface area contributed by atoms with Gasteiger partial charge in [0.1, 0.15) is 0 Å². The number of hydrogen-bond acceptors (Lipinski definition) is 1. The summed E-state index contributed by atoms with van der Waals surface area (Å²) in [6, 6.07) is 13.0. The van der Waals surface area contributed by atoms with Gasteiger partial charge in [0.25, 0.3) is 0 Å². The highest BCUT2D eigenvalue weighted by molar-refractivity contribution is 6.00. The van der Waals surface area contributed by atoms with Gasteiger partial charge in [-0.15, -0.1) is 0 Å². The van der Waals surface area contributed by atoms with Crippen LogP contribution in [0.4, 0.5) is 0 Å². The van der Waals surface area contributed by atoms with Gasteiger partial charge in [-0.3, -0.25) is 4.79 Å². The summed E-state index contributed by atoms with van der Waals surface area (Å²) in [6.07, 6.45) is 7.40. The highest BCUT2D eigenvalue weighted by Gasteiger charge is 2.26. The number of Topliss-reactive ketones (excluding diaryl/α,β-unsaturated/α-hetero) is 1. The van der Waals surface area contributed by atoms with Crippen molar-refractivity contribution in [1.29, 1.82) is 0 Å². The lowest BCUT2D eigenvalue weighted by atomic mass is 9.87. The third-order valence-electron chi connectivity index (χ3n) is 4.95. The van der Waals surface area contributed by atoms with Crippen molar-refractivity contribution in [2.75, 3.05) is 0 Å². The second kappa shape index (κ2) is 5.14. The minimum Gasteiger partial charge on any atom is -0.294 e. The van der Waals surface area contributed by atoms with Gasteiger partial charge in [-0.1, -0.05) is 36.4 Å². The third kappa shape index (κ3) is 2.12. The zero-order valence-corrected chi connectivity index (χ0v) is 12.3. The van der Waals surface area contributed by atoms with Crippen LogP contribution in [0.1, 0.15) is 52.7 Å². The number of fused-ring (bicyclic) bond motifs is 3. The van der Waals surface area contributed by atoms with Crippen LogP contribution in [0, 0.1) is 0 Å².